The molecule has 0 atom stereocenters. The standard InChI is InChI=1S/2C12H30N6.4C12H4N4.2Ni/c2*1-2-14-5-6-16-9-10-18-12-11-17-8-7-15-4-3-13-1;4*13-5-11(6-14)9-1-2-10(4-3-9)12(7-15)8-16;;/h2*13-18H,1-12H2;4*1-4H;;. The molecule has 6 rings (SSSR count). The van der Waals surface area contributed by atoms with E-state index in [9.17, 15) is 0 Å². The predicted octanol–water partition coefficient (Wildman–Crippen LogP) is -4.60. The Hall–Kier alpha value is -11.8. The molecule has 0 aromatic heterocycles. The quantitative estimate of drug-likeness (QED) is 0.0737. The Morgan fingerprint density at radius 2 is 0.206 bits per heavy atom. The fourth-order valence-electron chi connectivity index (χ4n) is 8.07. The third-order valence-electron chi connectivity index (χ3n) is 13.4. The Bertz CT molecular complexity index is 3380. The summed E-state index contributed by atoms with van der Waals surface area (Å²) in [5.74, 6) is 0. The van der Waals surface area contributed by atoms with Crippen molar-refractivity contribution in [3.05, 3.63) is 139 Å². The van der Waals surface area contributed by atoms with E-state index in [-0.39, 0.29) is 77.6 Å². The topological polar surface area (TPSA) is 525 Å². The first-order valence-corrected chi connectivity index (χ1v) is 31.3. The largest absolute Gasteiger partial charge is 0.314 e. The maximum atomic E-state index is 8.63. The normalized spacial score (nSPS) is 13.3. The molecule has 0 radical (unpaired) electrons. The van der Waals surface area contributed by atoms with Gasteiger partial charge in [0, 0.05) is 232 Å². The summed E-state index contributed by atoms with van der Waals surface area (Å²) in [6, 6.07) is 52.8. The van der Waals surface area contributed by atoms with Crippen molar-refractivity contribution in [3.8, 4) is 97.1 Å². The summed E-state index contributed by atoms with van der Waals surface area (Å²) in [5.41, 5.74) is 0.0149. The van der Waals surface area contributed by atoms with Crippen LogP contribution in [0.15, 0.2) is 97.1 Å². The monoisotopic (exact) mass is 1450 g/mol. The van der Waals surface area contributed by atoms with Gasteiger partial charge in [-0.1, -0.05) is 97.1 Å². The molecule has 4 aromatic carbocycles. The van der Waals surface area contributed by atoms with Crippen molar-refractivity contribution in [2.24, 2.45) is 0 Å². The van der Waals surface area contributed by atoms with Crippen molar-refractivity contribution in [2.75, 3.05) is 157 Å². The molecule has 0 bridgehead atoms. The van der Waals surface area contributed by atoms with Crippen LogP contribution in [0.3, 0.4) is 0 Å². The van der Waals surface area contributed by atoms with E-state index in [1.807, 2.05) is 0 Å². The molecule has 2 fully saturated rings. The summed E-state index contributed by atoms with van der Waals surface area (Å²) < 4.78 is 0. The van der Waals surface area contributed by atoms with Crippen molar-refractivity contribution in [3.63, 3.8) is 0 Å². The van der Waals surface area contributed by atoms with E-state index in [0.29, 0.717) is 41.7 Å². The van der Waals surface area contributed by atoms with Gasteiger partial charge in [0.2, 0.25) is 0 Å². The number of hydrogen-bond acceptors (Lipinski definition) is 28. The molecule has 0 amide bonds. The van der Waals surface area contributed by atoms with Crippen molar-refractivity contribution < 1.29 is 33.0 Å². The summed E-state index contributed by atoms with van der Waals surface area (Å²) in [6.07, 6.45) is 0. The third-order valence-corrected chi connectivity index (χ3v) is 13.4. The zero-order chi connectivity index (χ0) is 73.3. The molecule has 524 valence electrons. The van der Waals surface area contributed by atoms with E-state index in [2.05, 4.69) is 63.8 Å². The summed E-state index contributed by atoms with van der Waals surface area (Å²) >= 11 is 0. The van der Waals surface area contributed by atoms with E-state index in [1.165, 1.54) is 97.1 Å². The van der Waals surface area contributed by atoms with Crippen LogP contribution in [0.1, 0.15) is 0 Å². The number of hydrogen-bond donors (Lipinski definition) is 12. The van der Waals surface area contributed by atoms with Gasteiger partial charge in [-0.05, 0) is 0 Å². The van der Waals surface area contributed by atoms with Gasteiger partial charge in [-0.15, -0.1) is 0 Å². The minimum Gasteiger partial charge on any atom is -0.314 e. The minimum atomic E-state index is 0. The summed E-state index contributed by atoms with van der Waals surface area (Å²) in [6.45, 7) is 25.0. The SMILES string of the molecule is C1CNCCNCCNCCNCCNCCN1.C1CNCCNCCNCCNCCNCCN1.N#CC(C#N)=c1ccc(=C(C#N)C#N)cc1.N#CC(C#N)=c1ccc(=C(C#N)C#N)cc1.N#CC(C#N)=c1ccc(=C(C#N)C#N)cc1.N#CC(C#N)=c1ccc(=C(C#N)C#N)cc1.[Ni].[Ni]. The maximum absolute atomic E-state index is 8.63. The van der Waals surface area contributed by atoms with E-state index < -0.39 is 0 Å². The molecule has 0 unspecified atom stereocenters. The van der Waals surface area contributed by atoms with Crippen LogP contribution in [-0.4, -0.2) is 157 Å². The van der Waals surface area contributed by atoms with Gasteiger partial charge < -0.3 is 63.8 Å². The third kappa shape index (κ3) is 40.8. The Labute approximate surface area is 615 Å². The van der Waals surface area contributed by atoms with E-state index in [1.54, 1.807) is 97.1 Å². The Morgan fingerprint density at radius 3 is 0.255 bits per heavy atom. The maximum Gasteiger partial charge on any atom is 0.136 e. The fourth-order valence-corrected chi connectivity index (χ4v) is 8.07. The van der Waals surface area contributed by atoms with Gasteiger partial charge in [-0.3, -0.25) is 0 Å². The summed E-state index contributed by atoms with van der Waals surface area (Å²) in [4.78, 5) is 0. The zero-order valence-electron chi connectivity index (χ0n) is 56.0. The van der Waals surface area contributed by atoms with Crippen LogP contribution in [-0.2, 0) is 33.0 Å². The Kier molecular flexibility index (Phi) is 57.8. The van der Waals surface area contributed by atoms with Gasteiger partial charge in [0.25, 0.3) is 0 Å². The molecule has 2 heterocycles. The molecule has 0 saturated carbocycles. The summed E-state index contributed by atoms with van der Waals surface area (Å²) in [5, 5.41) is 183. The predicted molar refractivity (Wildman–Crippen MR) is 374 cm³/mol. The van der Waals surface area contributed by atoms with Gasteiger partial charge in [0.1, 0.15) is 142 Å². The van der Waals surface area contributed by atoms with Crippen LogP contribution in [0.4, 0.5) is 0 Å². The Balaban J connectivity index is 0. The van der Waals surface area contributed by atoms with E-state index in [0.717, 1.165) is 157 Å². The first kappa shape index (κ1) is 92.2. The average Bonchev–Trinajstić information content (AvgIpc) is 0.900. The van der Waals surface area contributed by atoms with Crippen LogP contribution in [0.5, 0.6) is 0 Å². The number of nitriles is 16. The van der Waals surface area contributed by atoms with Crippen molar-refractivity contribution in [1.29, 1.82) is 84.2 Å². The van der Waals surface area contributed by atoms with E-state index in [4.69, 9.17) is 84.2 Å². The first-order chi connectivity index (χ1) is 49.0. The zero-order valence-corrected chi connectivity index (χ0v) is 58.0. The number of nitrogens with zero attached hydrogens (tertiary/aromatic N) is 16. The molecule has 4 aromatic rings. The van der Waals surface area contributed by atoms with Crippen molar-refractivity contribution >= 4 is 44.6 Å². The van der Waals surface area contributed by atoms with Crippen LogP contribution in [0, 0.1) is 181 Å². The minimum absolute atomic E-state index is 0. The fraction of sp³-hybridized carbons (Fsp3) is 0.333. The molecule has 28 nitrogen and oxygen atoms in total. The van der Waals surface area contributed by atoms with Gasteiger partial charge in [-0.2, -0.15) is 84.2 Å². The molecule has 30 heteroatoms. The van der Waals surface area contributed by atoms with Crippen molar-refractivity contribution in [2.45, 2.75) is 0 Å². The van der Waals surface area contributed by atoms with Gasteiger partial charge in [0.15, 0.2) is 0 Å². The average molecular weight is 1450 g/mol. The molecule has 2 aliphatic heterocycles. The second-order valence-corrected chi connectivity index (χ2v) is 20.1. The second kappa shape index (κ2) is 63.9. The molecule has 2 aliphatic rings. The number of benzene rings is 4. The molecule has 2 saturated heterocycles. The van der Waals surface area contributed by atoms with Crippen LogP contribution in [0.2, 0.25) is 0 Å². The Morgan fingerprint density at radius 1 is 0.147 bits per heavy atom. The molecular formula is C72H76N28Ni2. The second-order valence-electron chi connectivity index (χ2n) is 20.1. The number of rotatable bonds is 0. The molecule has 0 aliphatic carbocycles. The van der Waals surface area contributed by atoms with Crippen molar-refractivity contribution in [1.82, 2.24) is 63.8 Å². The van der Waals surface area contributed by atoms with Gasteiger partial charge >= 0.3 is 0 Å². The van der Waals surface area contributed by atoms with Gasteiger partial charge in [0.05, 0.1) is 0 Å². The number of nitrogens with one attached hydrogen (secondary N) is 12. The summed E-state index contributed by atoms with van der Waals surface area (Å²) in [7, 11) is 0. The van der Waals surface area contributed by atoms with E-state index >= 15 is 0 Å². The van der Waals surface area contributed by atoms with Crippen LogP contribution >= 0.6 is 0 Å². The molecule has 0 spiro atoms. The van der Waals surface area contributed by atoms with Gasteiger partial charge in [-0.25, -0.2) is 0 Å². The smallest absolute Gasteiger partial charge is 0.136 e. The molecular weight excluding hydrogens is 1370 g/mol. The first-order valence-electron chi connectivity index (χ1n) is 31.3. The molecule has 102 heavy (non-hydrogen) atoms. The van der Waals surface area contributed by atoms with Crippen LogP contribution in [0.25, 0.3) is 44.6 Å². The van der Waals surface area contributed by atoms with Crippen LogP contribution < -0.4 is 106 Å². The molecule has 12 N–H and O–H groups in total.